The molecular weight excluding hydrogens is 504 g/mol. The topological polar surface area (TPSA) is 105 Å². The summed E-state index contributed by atoms with van der Waals surface area (Å²) in [4.78, 5) is 37.4. The number of hydrogen-bond donors (Lipinski definition) is 3. The lowest BCUT2D eigenvalue weighted by atomic mass is 9.98. The zero-order valence-corrected chi connectivity index (χ0v) is 21.8. The Morgan fingerprint density at radius 2 is 1.20 bits per heavy atom. The molecule has 5 rings (SSSR count). The summed E-state index contributed by atoms with van der Waals surface area (Å²) < 4.78 is 5.49. The zero-order valence-electron chi connectivity index (χ0n) is 21.8. The first-order chi connectivity index (χ1) is 19.5. The smallest absolute Gasteiger partial charge is 0.407 e. The Kier molecular flexibility index (Phi) is 8.21. The molecule has 0 unspecified atom stereocenters. The molecule has 2 amide bonds. The molecule has 0 saturated heterocycles. The molecule has 7 heteroatoms. The molecule has 0 fully saturated rings. The van der Waals surface area contributed by atoms with Gasteiger partial charge in [0.15, 0.2) is 0 Å². The van der Waals surface area contributed by atoms with Crippen molar-refractivity contribution in [1.82, 2.24) is 10.6 Å². The van der Waals surface area contributed by atoms with E-state index in [2.05, 4.69) is 10.6 Å². The SMILES string of the molecule is O=C(CC[C@H](NC(=O)OCC1c2ccccc2-c2ccccc21)C(=O)O)NC(c1ccccc1)c1ccccc1. The van der Waals surface area contributed by atoms with Crippen molar-refractivity contribution in [3.63, 3.8) is 0 Å². The van der Waals surface area contributed by atoms with E-state index in [0.717, 1.165) is 33.4 Å². The molecule has 4 aromatic rings. The summed E-state index contributed by atoms with van der Waals surface area (Å²) in [5, 5.41) is 15.1. The van der Waals surface area contributed by atoms with Crippen LogP contribution in [0.5, 0.6) is 0 Å². The number of carbonyl (C=O) groups excluding carboxylic acids is 2. The van der Waals surface area contributed by atoms with Gasteiger partial charge in [0.25, 0.3) is 0 Å². The number of carboxylic acids is 1. The third-order valence-electron chi connectivity index (χ3n) is 7.17. The fraction of sp³-hybridized carbons (Fsp3) is 0.182. The Bertz CT molecular complexity index is 1400. The van der Waals surface area contributed by atoms with Crippen molar-refractivity contribution in [3.8, 4) is 11.1 Å². The standard InChI is InChI=1S/C33H30N2O5/c36-30(35-31(22-11-3-1-4-12-22)23-13-5-2-6-14-23)20-19-29(32(37)38)34-33(39)40-21-28-26-17-9-7-15-24(26)25-16-8-10-18-27(25)28/h1-18,28-29,31H,19-21H2,(H,34,39)(H,35,36)(H,37,38)/t29-/m0/s1. The van der Waals surface area contributed by atoms with Gasteiger partial charge in [-0.1, -0.05) is 109 Å². The summed E-state index contributed by atoms with van der Waals surface area (Å²) in [6.07, 6.45) is -1.00. The van der Waals surface area contributed by atoms with Gasteiger partial charge in [-0.05, 0) is 39.8 Å². The molecule has 1 atom stereocenters. The van der Waals surface area contributed by atoms with E-state index in [-0.39, 0.29) is 37.3 Å². The number of amides is 2. The number of ether oxygens (including phenoxy) is 1. The molecule has 40 heavy (non-hydrogen) atoms. The summed E-state index contributed by atoms with van der Waals surface area (Å²) in [6.45, 7) is 0.0719. The number of hydrogen-bond acceptors (Lipinski definition) is 4. The van der Waals surface area contributed by atoms with Crippen LogP contribution < -0.4 is 10.6 Å². The van der Waals surface area contributed by atoms with Crippen molar-refractivity contribution in [3.05, 3.63) is 131 Å². The summed E-state index contributed by atoms with van der Waals surface area (Å²) >= 11 is 0. The van der Waals surface area contributed by atoms with Gasteiger partial charge >= 0.3 is 12.1 Å². The molecule has 0 heterocycles. The molecule has 0 aliphatic heterocycles. The number of rotatable bonds is 10. The Balaban J connectivity index is 1.18. The maximum absolute atomic E-state index is 12.9. The first-order valence-corrected chi connectivity index (χ1v) is 13.2. The lowest BCUT2D eigenvalue weighted by Crippen LogP contribution is -2.42. The number of alkyl carbamates (subject to hydrolysis) is 1. The molecule has 3 N–H and O–H groups in total. The van der Waals surface area contributed by atoms with E-state index in [1.807, 2.05) is 109 Å². The van der Waals surface area contributed by atoms with Crippen molar-refractivity contribution >= 4 is 18.0 Å². The highest BCUT2D eigenvalue weighted by atomic mass is 16.5. The minimum Gasteiger partial charge on any atom is -0.480 e. The van der Waals surface area contributed by atoms with E-state index >= 15 is 0 Å². The number of carbonyl (C=O) groups is 3. The number of carboxylic acid groups (broad SMARTS) is 1. The van der Waals surface area contributed by atoms with Gasteiger partial charge in [0.1, 0.15) is 12.6 Å². The molecule has 4 aromatic carbocycles. The second-order valence-electron chi connectivity index (χ2n) is 9.72. The predicted octanol–water partition coefficient (Wildman–Crippen LogP) is 5.66. The van der Waals surface area contributed by atoms with E-state index < -0.39 is 18.1 Å². The van der Waals surface area contributed by atoms with E-state index in [0.29, 0.717) is 0 Å². The number of fused-ring (bicyclic) bond motifs is 3. The van der Waals surface area contributed by atoms with Crippen molar-refractivity contribution < 1.29 is 24.2 Å². The largest absolute Gasteiger partial charge is 0.480 e. The van der Waals surface area contributed by atoms with Gasteiger partial charge in [0.2, 0.25) is 5.91 Å². The fourth-order valence-corrected chi connectivity index (χ4v) is 5.20. The number of nitrogens with one attached hydrogen (secondary N) is 2. The highest BCUT2D eigenvalue weighted by Crippen LogP contribution is 2.44. The molecule has 0 radical (unpaired) electrons. The molecule has 0 saturated carbocycles. The normalized spacial score (nSPS) is 12.7. The monoisotopic (exact) mass is 534 g/mol. The lowest BCUT2D eigenvalue weighted by molar-refractivity contribution is -0.139. The minimum absolute atomic E-state index is 0.0719. The second kappa shape index (κ2) is 12.3. The van der Waals surface area contributed by atoms with E-state index in [4.69, 9.17) is 4.74 Å². The van der Waals surface area contributed by atoms with E-state index in [9.17, 15) is 19.5 Å². The van der Waals surface area contributed by atoms with Crippen LogP contribution in [-0.4, -0.2) is 35.7 Å². The Labute approximate surface area is 232 Å². The predicted molar refractivity (Wildman–Crippen MR) is 152 cm³/mol. The van der Waals surface area contributed by atoms with Crippen LogP contribution in [0.15, 0.2) is 109 Å². The van der Waals surface area contributed by atoms with Gasteiger partial charge in [-0.15, -0.1) is 0 Å². The van der Waals surface area contributed by atoms with Gasteiger partial charge < -0.3 is 20.5 Å². The van der Waals surface area contributed by atoms with Crippen LogP contribution in [0.4, 0.5) is 4.79 Å². The average Bonchev–Trinajstić information content (AvgIpc) is 3.31. The minimum atomic E-state index is -1.27. The Hall–Kier alpha value is -4.91. The van der Waals surface area contributed by atoms with Crippen LogP contribution in [0.2, 0.25) is 0 Å². The quantitative estimate of drug-likeness (QED) is 0.243. The van der Waals surface area contributed by atoms with Crippen LogP contribution in [0.3, 0.4) is 0 Å². The van der Waals surface area contributed by atoms with Crippen molar-refractivity contribution in [1.29, 1.82) is 0 Å². The average molecular weight is 535 g/mol. The molecular formula is C33H30N2O5. The molecule has 1 aliphatic carbocycles. The summed E-state index contributed by atoms with van der Waals surface area (Å²) in [5.74, 6) is -1.69. The molecule has 202 valence electrons. The third-order valence-corrected chi connectivity index (χ3v) is 7.17. The summed E-state index contributed by atoms with van der Waals surface area (Å²) in [7, 11) is 0. The highest BCUT2D eigenvalue weighted by Gasteiger charge is 2.30. The first-order valence-electron chi connectivity index (χ1n) is 13.2. The molecule has 7 nitrogen and oxygen atoms in total. The zero-order chi connectivity index (χ0) is 27.9. The van der Waals surface area contributed by atoms with Crippen LogP contribution in [0.25, 0.3) is 11.1 Å². The van der Waals surface area contributed by atoms with E-state index in [1.165, 1.54) is 0 Å². The van der Waals surface area contributed by atoms with Crippen LogP contribution in [0.1, 0.15) is 47.1 Å². The number of aliphatic carboxylic acids is 1. The highest BCUT2D eigenvalue weighted by molar-refractivity contribution is 5.82. The fourth-order valence-electron chi connectivity index (χ4n) is 5.20. The van der Waals surface area contributed by atoms with Gasteiger partial charge in [-0.25, -0.2) is 9.59 Å². The van der Waals surface area contributed by atoms with Crippen molar-refractivity contribution in [2.75, 3.05) is 6.61 Å². The molecule has 0 spiro atoms. The van der Waals surface area contributed by atoms with Gasteiger partial charge in [0, 0.05) is 12.3 Å². The van der Waals surface area contributed by atoms with Crippen LogP contribution >= 0.6 is 0 Å². The van der Waals surface area contributed by atoms with Crippen molar-refractivity contribution in [2.45, 2.75) is 30.8 Å². The van der Waals surface area contributed by atoms with Crippen molar-refractivity contribution in [2.24, 2.45) is 0 Å². The first kappa shape index (κ1) is 26.7. The molecule has 0 aromatic heterocycles. The van der Waals surface area contributed by atoms with Gasteiger partial charge in [-0.3, -0.25) is 4.79 Å². The molecule has 1 aliphatic rings. The number of benzene rings is 4. The maximum atomic E-state index is 12.9. The van der Waals surface area contributed by atoms with Gasteiger partial charge in [-0.2, -0.15) is 0 Å². The van der Waals surface area contributed by atoms with Crippen LogP contribution in [0, 0.1) is 0 Å². The van der Waals surface area contributed by atoms with Crippen LogP contribution in [-0.2, 0) is 14.3 Å². The second-order valence-corrected chi connectivity index (χ2v) is 9.72. The van der Waals surface area contributed by atoms with Gasteiger partial charge in [0.05, 0.1) is 6.04 Å². The maximum Gasteiger partial charge on any atom is 0.407 e. The van der Waals surface area contributed by atoms with E-state index in [1.54, 1.807) is 0 Å². The Morgan fingerprint density at radius 3 is 1.73 bits per heavy atom. The third kappa shape index (κ3) is 6.04. The molecule has 0 bridgehead atoms. The summed E-state index contributed by atoms with van der Waals surface area (Å²) in [5.41, 5.74) is 6.16. The summed E-state index contributed by atoms with van der Waals surface area (Å²) in [6, 6.07) is 33.4. The Morgan fingerprint density at radius 1 is 0.700 bits per heavy atom. The lowest BCUT2D eigenvalue weighted by Gasteiger charge is -2.21.